The Morgan fingerprint density at radius 2 is 2.00 bits per heavy atom. The monoisotopic (exact) mass is 407 g/mol. The van der Waals surface area contributed by atoms with Crippen molar-refractivity contribution in [3.8, 4) is 0 Å². The van der Waals surface area contributed by atoms with Crippen LogP contribution in [0.25, 0.3) is 0 Å². The molecule has 2 amide bonds. The maximum absolute atomic E-state index is 12.9. The molecule has 9 nitrogen and oxygen atoms in total. The number of carbonyl (C=O) groups is 2. The molecular weight excluding hydrogens is 382 g/mol. The molecule has 0 bridgehead atoms. The molecule has 4 rings (SSSR count). The van der Waals surface area contributed by atoms with Gasteiger partial charge in [-0.25, -0.2) is 4.68 Å². The quantitative estimate of drug-likeness (QED) is 0.643. The lowest BCUT2D eigenvalue weighted by atomic mass is 10.2. The van der Waals surface area contributed by atoms with Crippen molar-refractivity contribution in [2.24, 2.45) is 0 Å². The van der Waals surface area contributed by atoms with Gasteiger partial charge in [-0.15, -0.1) is 5.10 Å². The second-order valence-corrected chi connectivity index (χ2v) is 7.37. The van der Waals surface area contributed by atoms with Gasteiger partial charge in [0.2, 0.25) is 0 Å². The summed E-state index contributed by atoms with van der Waals surface area (Å²) in [6.45, 7) is 4.36. The Hall–Kier alpha value is -3.49. The first-order chi connectivity index (χ1) is 14.6. The van der Waals surface area contributed by atoms with Crippen molar-refractivity contribution in [2.75, 3.05) is 6.54 Å². The molecule has 3 aromatic rings. The molecule has 0 saturated carbocycles. The van der Waals surface area contributed by atoms with E-state index in [0.717, 1.165) is 24.9 Å². The summed E-state index contributed by atoms with van der Waals surface area (Å²) in [6.07, 6.45) is 6.87. The van der Waals surface area contributed by atoms with E-state index in [4.69, 9.17) is 0 Å². The van der Waals surface area contributed by atoms with Gasteiger partial charge in [0.1, 0.15) is 0 Å². The highest BCUT2D eigenvalue weighted by molar-refractivity contribution is 5.94. The topological polar surface area (TPSA) is 97.9 Å². The van der Waals surface area contributed by atoms with Crippen LogP contribution >= 0.6 is 0 Å². The number of carbonyl (C=O) groups excluding carboxylic acids is 2. The smallest absolute Gasteiger partial charge is 0.273 e. The Morgan fingerprint density at radius 3 is 2.77 bits per heavy atom. The van der Waals surface area contributed by atoms with Gasteiger partial charge in [-0.2, -0.15) is 5.10 Å². The summed E-state index contributed by atoms with van der Waals surface area (Å²) < 4.78 is 3.39. The van der Waals surface area contributed by atoms with Crippen LogP contribution in [0.15, 0.2) is 48.9 Å². The largest absolute Gasteiger partial charge is 0.347 e. The number of benzene rings is 1. The Morgan fingerprint density at radius 1 is 1.17 bits per heavy atom. The van der Waals surface area contributed by atoms with Crippen LogP contribution in [0.1, 0.15) is 46.2 Å². The molecule has 9 heteroatoms. The summed E-state index contributed by atoms with van der Waals surface area (Å²) >= 11 is 0. The number of aryl methyl sites for hydroxylation is 1. The minimum atomic E-state index is -0.267. The maximum atomic E-state index is 12.9. The van der Waals surface area contributed by atoms with E-state index in [1.165, 1.54) is 0 Å². The molecule has 0 spiro atoms. The van der Waals surface area contributed by atoms with Crippen LogP contribution in [0.4, 0.5) is 0 Å². The van der Waals surface area contributed by atoms with E-state index in [9.17, 15) is 9.59 Å². The SMILES string of the molecule is CCn1cc(C(=O)N2CCCC2Cn2cc(C(=O)NCc3ccccc3)nn2)cn1. The number of likely N-dealkylation sites (tertiary alicyclic amines) is 1. The summed E-state index contributed by atoms with van der Waals surface area (Å²) in [5.41, 5.74) is 1.89. The molecule has 1 fully saturated rings. The number of nitrogens with zero attached hydrogens (tertiary/aromatic N) is 6. The highest BCUT2D eigenvalue weighted by Crippen LogP contribution is 2.21. The van der Waals surface area contributed by atoms with Gasteiger partial charge in [-0.1, -0.05) is 35.5 Å². The molecule has 3 heterocycles. The van der Waals surface area contributed by atoms with Gasteiger partial charge in [0, 0.05) is 25.8 Å². The Labute approximate surface area is 174 Å². The van der Waals surface area contributed by atoms with Crippen molar-refractivity contribution in [2.45, 2.75) is 45.4 Å². The summed E-state index contributed by atoms with van der Waals surface area (Å²) in [7, 11) is 0. The van der Waals surface area contributed by atoms with E-state index in [2.05, 4.69) is 20.7 Å². The van der Waals surface area contributed by atoms with Gasteiger partial charge in [0.15, 0.2) is 5.69 Å². The van der Waals surface area contributed by atoms with E-state index < -0.39 is 0 Å². The van der Waals surface area contributed by atoms with Gasteiger partial charge in [0.25, 0.3) is 11.8 Å². The summed E-state index contributed by atoms with van der Waals surface area (Å²) in [5.74, 6) is -0.283. The zero-order valence-corrected chi connectivity index (χ0v) is 16.9. The van der Waals surface area contributed by atoms with Crippen molar-refractivity contribution < 1.29 is 9.59 Å². The van der Waals surface area contributed by atoms with Crippen LogP contribution < -0.4 is 5.32 Å². The first kappa shape index (κ1) is 19.8. The summed E-state index contributed by atoms with van der Waals surface area (Å²) in [4.78, 5) is 27.1. The van der Waals surface area contributed by atoms with Crippen molar-refractivity contribution in [3.05, 3.63) is 65.7 Å². The number of hydrogen-bond donors (Lipinski definition) is 1. The average molecular weight is 407 g/mol. The number of hydrogen-bond acceptors (Lipinski definition) is 5. The Balaban J connectivity index is 1.36. The molecule has 0 aliphatic carbocycles. The van der Waals surface area contributed by atoms with E-state index in [0.29, 0.717) is 25.2 Å². The molecule has 1 aliphatic heterocycles. The van der Waals surface area contributed by atoms with Crippen LogP contribution in [0.5, 0.6) is 0 Å². The Kier molecular flexibility index (Phi) is 5.87. The maximum Gasteiger partial charge on any atom is 0.273 e. The van der Waals surface area contributed by atoms with Gasteiger partial charge in [-0.3, -0.25) is 14.3 Å². The molecule has 1 aliphatic rings. The number of nitrogens with one attached hydrogen (secondary N) is 1. The normalized spacial score (nSPS) is 16.0. The lowest BCUT2D eigenvalue weighted by Gasteiger charge is -2.24. The van der Waals surface area contributed by atoms with E-state index in [1.807, 2.05) is 42.2 Å². The predicted molar refractivity (Wildman–Crippen MR) is 110 cm³/mol. The van der Waals surface area contributed by atoms with Crippen molar-refractivity contribution >= 4 is 11.8 Å². The van der Waals surface area contributed by atoms with Gasteiger partial charge < -0.3 is 10.2 Å². The molecule has 0 radical (unpaired) electrons. The lowest BCUT2D eigenvalue weighted by Crippen LogP contribution is -2.38. The zero-order chi connectivity index (χ0) is 20.9. The third kappa shape index (κ3) is 4.40. The molecule has 2 aromatic heterocycles. The minimum Gasteiger partial charge on any atom is -0.347 e. The lowest BCUT2D eigenvalue weighted by molar-refractivity contribution is 0.0720. The number of amides is 2. The number of rotatable bonds is 7. The molecule has 1 unspecified atom stereocenters. The van der Waals surface area contributed by atoms with Crippen LogP contribution in [0.3, 0.4) is 0 Å². The average Bonchev–Trinajstić information content (AvgIpc) is 3.53. The molecule has 1 aromatic carbocycles. The van der Waals surface area contributed by atoms with Gasteiger partial charge in [0.05, 0.1) is 30.5 Å². The van der Waals surface area contributed by atoms with E-state index >= 15 is 0 Å². The van der Waals surface area contributed by atoms with Gasteiger partial charge in [-0.05, 0) is 25.3 Å². The van der Waals surface area contributed by atoms with Crippen LogP contribution in [-0.4, -0.2) is 54.1 Å². The molecule has 1 saturated heterocycles. The highest BCUT2D eigenvalue weighted by Gasteiger charge is 2.30. The number of aromatic nitrogens is 5. The fourth-order valence-electron chi connectivity index (χ4n) is 3.68. The second-order valence-electron chi connectivity index (χ2n) is 7.37. The molecular formula is C21H25N7O2. The zero-order valence-electron chi connectivity index (χ0n) is 16.9. The van der Waals surface area contributed by atoms with E-state index in [-0.39, 0.29) is 23.6 Å². The second kappa shape index (κ2) is 8.89. The third-order valence-corrected chi connectivity index (χ3v) is 5.31. The van der Waals surface area contributed by atoms with Crippen LogP contribution in [0.2, 0.25) is 0 Å². The fourth-order valence-corrected chi connectivity index (χ4v) is 3.68. The molecule has 1 atom stereocenters. The molecule has 156 valence electrons. The van der Waals surface area contributed by atoms with E-state index in [1.54, 1.807) is 28.0 Å². The third-order valence-electron chi connectivity index (χ3n) is 5.31. The highest BCUT2D eigenvalue weighted by atomic mass is 16.2. The minimum absolute atomic E-state index is 0.0156. The van der Waals surface area contributed by atoms with Gasteiger partial charge >= 0.3 is 0 Å². The molecule has 30 heavy (non-hydrogen) atoms. The van der Waals surface area contributed by atoms with Crippen molar-refractivity contribution in [3.63, 3.8) is 0 Å². The first-order valence-electron chi connectivity index (χ1n) is 10.2. The van der Waals surface area contributed by atoms with Crippen LogP contribution in [-0.2, 0) is 19.6 Å². The predicted octanol–water partition coefficient (Wildman–Crippen LogP) is 1.73. The Bertz CT molecular complexity index is 1010. The molecule has 1 N–H and O–H groups in total. The fraction of sp³-hybridized carbons (Fsp3) is 0.381. The van der Waals surface area contributed by atoms with Crippen molar-refractivity contribution in [1.82, 2.24) is 35.0 Å². The standard InChI is InChI=1S/C21H25N7O2/c1-2-26-13-17(12-23-26)21(30)28-10-6-9-18(28)14-27-15-19(24-25-27)20(29)22-11-16-7-4-3-5-8-16/h3-5,7-8,12-13,15,18H,2,6,9-11,14H2,1H3,(H,22,29). The summed E-state index contributed by atoms with van der Waals surface area (Å²) in [5, 5.41) is 15.1. The summed E-state index contributed by atoms with van der Waals surface area (Å²) in [6, 6.07) is 9.72. The van der Waals surface area contributed by atoms with Crippen molar-refractivity contribution in [1.29, 1.82) is 0 Å². The van der Waals surface area contributed by atoms with Crippen LogP contribution in [0, 0.1) is 0 Å². The first-order valence-corrected chi connectivity index (χ1v) is 10.2.